The van der Waals surface area contributed by atoms with Crippen LogP contribution in [0, 0.1) is 0 Å². The van der Waals surface area contributed by atoms with Crippen molar-refractivity contribution in [3.63, 3.8) is 0 Å². The fourth-order valence-corrected chi connectivity index (χ4v) is 2.50. The lowest BCUT2D eigenvalue weighted by atomic mass is 10.2. The lowest BCUT2D eigenvalue weighted by Crippen LogP contribution is -2.24. The standard InChI is InChI=1S/C15H20N4O3/c1-15(2,3)22-14(21)12-10-4-5-11(16-13(10)18-17-12)19-7-6-9(20)8-19/h4-5,9,20H,6-8H2,1-3H3,(H,16,17,18). The number of carbonyl (C=O) groups excluding carboxylic acids is 1. The number of β-amino-alcohol motifs (C(OH)–C–C–N with tert-alkyl or cyclic N) is 1. The number of carbonyl (C=O) groups is 1. The van der Waals surface area contributed by atoms with Crippen LogP contribution < -0.4 is 4.90 Å². The van der Waals surface area contributed by atoms with Gasteiger partial charge >= 0.3 is 5.97 Å². The number of fused-ring (bicyclic) bond motifs is 1. The van der Waals surface area contributed by atoms with E-state index in [2.05, 4.69) is 15.2 Å². The molecule has 0 radical (unpaired) electrons. The Hall–Kier alpha value is -2.15. The van der Waals surface area contributed by atoms with E-state index in [9.17, 15) is 9.90 Å². The highest BCUT2D eigenvalue weighted by molar-refractivity contribution is 6.01. The van der Waals surface area contributed by atoms with Crippen LogP contribution in [0.2, 0.25) is 0 Å². The quantitative estimate of drug-likeness (QED) is 0.817. The normalized spacial score (nSPS) is 18.9. The first-order chi connectivity index (χ1) is 10.3. The Morgan fingerprint density at radius 1 is 1.45 bits per heavy atom. The molecule has 118 valence electrons. The molecule has 1 saturated heterocycles. The van der Waals surface area contributed by atoms with Crippen molar-refractivity contribution in [3.8, 4) is 0 Å². The molecular formula is C15H20N4O3. The van der Waals surface area contributed by atoms with Crippen LogP contribution in [-0.2, 0) is 4.74 Å². The first-order valence-electron chi connectivity index (χ1n) is 7.35. The largest absolute Gasteiger partial charge is 0.455 e. The fraction of sp³-hybridized carbons (Fsp3) is 0.533. The molecule has 0 amide bonds. The van der Waals surface area contributed by atoms with Crippen molar-refractivity contribution in [2.45, 2.75) is 38.9 Å². The van der Waals surface area contributed by atoms with Gasteiger partial charge in [0, 0.05) is 13.1 Å². The summed E-state index contributed by atoms with van der Waals surface area (Å²) in [5, 5.41) is 17.0. The van der Waals surface area contributed by atoms with E-state index in [1.54, 1.807) is 0 Å². The number of rotatable bonds is 2. The predicted octanol–water partition coefficient (Wildman–Crippen LogP) is 1.48. The third kappa shape index (κ3) is 2.89. The molecule has 2 N–H and O–H groups in total. The number of nitrogens with one attached hydrogen (secondary N) is 1. The average molecular weight is 304 g/mol. The van der Waals surface area contributed by atoms with Crippen LogP contribution in [0.1, 0.15) is 37.7 Å². The van der Waals surface area contributed by atoms with Gasteiger partial charge in [0.05, 0.1) is 11.5 Å². The van der Waals surface area contributed by atoms with Gasteiger partial charge in [-0.3, -0.25) is 5.10 Å². The van der Waals surface area contributed by atoms with Crippen molar-refractivity contribution in [1.29, 1.82) is 0 Å². The second-order valence-electron chi connectivity index (χ2n) is 6.53. The van der Waals surface area contributed by atoms with Gasteiger partial charge in [-0.2, -0.15) is 5.10 Å². The summed E-state index contributed by atoms with van der Waals surface area (Å²) in [6.07, 6.45) is 0.428. The van der Waals surface area contributed by atoms with E-state index in [0.717, 1.165) is 18.8 Å². The van der Waals surface area contributed by atoms with Crippen molar-refractivity contribution < 1.29 is 14.6 Å². The summed E-state index contributed by atoms with van der Waals surface area (Å²) >= 11 is 0. The first-order valence-corrected chi connectivity index (χ1v) is 7.35. The number of hydrogen-bond donors (Lipinski definition) is 2. The van der Waals surface area contributed by atoms with Crippen LogP contribution in [-0.4, -0.2) is 51.1 Å². The number of anilines is 1. The number of esters is 1. The van der Waals surface area contributed by atoms with Gasteiger partial charge in [0.15, 0.2) is 11.3 Å². The van der Waals surface area contributed by atoms with Gasteiger partial charge in [-0.25, -0.2) is 9.78 Å². The second-order valence-corrected chi connectivity index (χ2v) is 6.53. The van der Waals surface area contributed by atoms with E-state index in [4.69, 9.17) is 4.74 Å². The van der Waals surface area contributed by atoms with Crippen LogP contribution in [0.3, 0.4) is 0 Å². The number of hydrogen-bond acceptors (Lipinski definition) is 6. The van der Waals surface area contributed by atoms with Crippen LogP contribution in [0.4, 0.5) is 5.82 Å². The molecule has 0 aliphatic carbocycles. The van der Waals surface area contributed by atoms with Crippen LogP contribution in [0.15, 0.2) is 12.1 Å². The topological polar surface area (TPSA) is 91.3 Å². The molecule has 7 heteroatoms. The number of pyridine rings is 1. The lowest BCUT2D eigenvalue weighted by molar-refractivity contribution is 0.00650. The number of H-pyrrole nitrogens is 1. The van der Waals surface area contributed by atoms with E-state index < -0.39 is 11.6 Å². The Morgan fingerprint density at radius 3 is 2.86 bits per heavy atom. The third-order valence-corrected chi connectivity index (χ3v) is 3.49. The minimum absolute atomic E-state index is 0.311. The molecule has 1 aliphatic rings. The van der Waals surface area contributed by atoms with E-state index in [-0.39, 0.29) is 6.10 Å². The molecule has 0 bridgehead atoms. The highest BCUT2D eigenvalue weighted by Crippen LogP contribution is 2.23. The molecule has 0 saturated carbocycles. The van der Waals surface area contributed by atoms with Crippen molar-refractivity contribution in [2.24, 2.45) is 0 Å². The zero-order valence-corrected chi connectivity index (χ0v) is 13.0. The average Bonchev–Trinajstić information content (AvgIpc) is 3.01. The molecule has 2 aromatic rings. The third-order valence-electron chi connectivity index (χ3n) is 3.49. The number of ether oxygens (including phenoxy) is 1. The highest BCUT2D eigenvalue weighted by Gasteiger charge is 2.24. The van der Waals surface area contributed by atoms with E-state index in [0.29, 0.717) is 23.3 Å². The Labute approximate surface area is 128 Å². The highest BCUT2D eigenvalue weighted by atomic mass is 16.6. The number of aromatic amines is 1. The van der Waals surface area contributed by atoms with E-state index >= 15 is 0 Å². The Kier molecular flexibility index (Phi) is 3.52. The van der Waals surface area contributed by atoms with Crippen LogP contribution in [0.25, 0.3) is 11.0 Å². The smallest absolute Gasteiger partial charge is 0.357 e. The molecule has 2 aromatic heterocycles. The SMILES string of the molecule is CC(C)(C)OC(=O)c1[nH]nc2nc(N3CCC(O)C3)ccc12. The molecule has 7 nitrogen and oxygen atoms in total. The van der Waals surface area contributed by atoms with Gasteiger partial charge in [-0.15, -0.1) is 0 Å². The number of aliphatic hydroxyl groups excluding tert-OH is 1. The van der Waals surface area contributed by atoms with Crippen LogP contribution in [0.5, 0.6) is 0 Å². The number of aromatic nitrogens is 3. The predicted molar refractivity (Wildman–Crippen MR) is 81.9 cm³/mol. The summed E-state index contributed by atoms with van der Waals surface area (Å²) in [6.45, 7) is 6.79. The molecular weight excluding hydrogens is 284 g/mol. The summed E-state index contributed by atoms with van der Waals surface area (Å²) in [6, 6.07) is 3.65. The summed E-state index contributed by atoms with van der Waals surface area (Å²) in [5.74, 6) is 0.312. The molecule has 0 aromatic carbocycles. The molecule has 22 heavy (non-hydrogen) atoms. The van der Waals surface area contributed by atoms with Gasteiger partial charge in [0.25, 0.3) is 0 Å². The van der Waals surface area contributed by atoms with Crippen molar-refractivity contribution in [3.05, 3.63) is 17.8 Å². The van der Waals surface area contributed by atoms with Crippen molar-refractivity contribution in [2.75, 3.05) is 18.0 Å². The second kappa shape index (κ2) is 5.24. The van der Waals surface area contributed by atoms with Gasteiger partial charge in [0.1, 0.15) is 11.4 Å². The minimum Gasteiger partial charge on any atom is -0.455 e. The lowest BCUT2D eigenvalue weighted by Gasteiger charge is -2.19. The summed E-state index contributed by atoms with van der Waals surface area (Å²) in [7, 11) is 0. The maximum atomic E-state index is 12.2. The number of aliphatic hydroxyl groups is 1. The summed E-state index contributed by atoms with van der Waals surface area (Å²) in [4.78, 5) is 18.6. The molecule has 0 spiro atoms. The van der Waals surface area contributed by atoms with Gasteiger partial charge in [0.2, 0.25) is 0 Å². The van der Waals surface area contributed by atoms with Gasteiger partial charge < -0.3 is 14.7 Å². The van der Waals surface area contributed by atoms with E-state index in [1.165, 1.54) is 0 Å². The van der Waals surface area contributed by atoms with Crippen molar-refractivity contribution in [1.82, 2.24) is 15.2 Å². The number of nitrogens with zero attached hydrogens (tertiary/aromatic N) is 3. The van der Waals surface area contributed by atoms with Crippen molar-refractivity contribution >= 4 is 22.8 Å². The maximum Gasteiger partial charge on any atom is 0.357 e. The molecule has 1 atom stereocenters. The molecule has 3 heterocycles. The Morgan fingerprint density at radius 2 is 2.23 bits per heavy atom. The Balaban J connectivity index is 1.88. The zero-order valence-electron chi connectivity index (χ0n) is 13.0. The maximum absolute atomic E-state index is 12.2. The molecule has 1 fully saturated rings. The molecule has 3 rings (SSSR count). The fourth-order valence-electron chi connectivity index (χ4n) is 2.50. The minimum atomic E-state index is -0.562. The van der Waals surface area contributed by atoms with Gasteiger partial charge in [-0.1, -0.05) is 0 Å². The Bertz CT molecular complexity index is 704. The monoisotopic (exact) mass is 304 g/mol. The summed E-state index contributed by atoms with van der Waals surface area (Å²) in [5.41, 5.74) is 0.221. The molecule has 1 unspecified atom stereocenters. The van der Waals surface area contributed by atoms with Gasteiger partial charge in [-0.05, 0) is 39.3 Å². The molecule has 1 aliphatic heterocycles. The van der Waals surface area contributed by atoms with Crippen LogP contribution >= 0.6 is 0 Å². The first kappa shape index (κ1) is 14.8. The summed E-state index contributed by atoms with van der Waals surface area (Å²) < 4.78 is 5.35. The van der Waals surface area contributed by atoms with E-state index in [1.807, 2.05) is 37.8 Å². The zero-order chi connectivity index (χ0) is 15.9.